The lowest BCUT2D eigenvalue weighted by Crippen LogP contribution is -2.30. The number of nitro benzene ring substituents is 1. The van der Waals surface area contributed by atoms with Crippen LogP contribution >= 0.6 is 0 Å². The number of rotatable bonds is 2. The van der Waals surface area contributed by atoms with Crippen LogP contribution < -0.4 is 10.3 Å². The standard InChI is InChI=1S/C14H11N3O3/c1-9-2-4-10(5-3-9)14-15-12-7-6-11(17(18)19)8-13(12)20-16-14/h2-8H,1H3,(H,15,16). The lowest BCUT2D eigenvalue weighted by molar-refractivity contribution is -0.384. The summed E-state index contributed by atoms with van der Waals surface area (Å²) in [7, 11) is 0. The van der Waals surface area contributed by atoms with Gasteiger partial charge in [-0.1, -0.05) is 29.8 Å². The van der Waals surface area contributed by atoms with Crippen LogP contribution in [0.1, 0.15) is 11.1 Å². The predicted octanol–water partition coefficient (Wildman–Crippen LogP) is 2.88. The third-order valence-corrected chi connectivity index (χ3v) is 2.97. The van der Waals surface area contributed by atoms with E-state index >= 15 is 0 Å². The smallest absolute Gasteiger partial charge is 0.273 e. The zero-order chi connectivity index (χ0) is 14.1. The fourth-order valence-electron chi connectivity index (χ4n) is 1.87. The van der Waals surface area contributed by atoms with Gasteiger partial charge in [0, 0.05) is 11.6 Å². The summed E-state index contributed by atoms with van der Waals surface area (Å²) < 4.78 is 0. The second-order valence-corrected chi connectivity index (χ2v) is 4.44. The highest BCUT2D eigenvalue weighted by atomic mass is 16.7. The van der Waals surface area contributed by atoms with Crippen LogP contribution in [-0.4, -0.2) is 10.8 Å². The number of fused-ring (bicyclic) bond motifs is 1. The Morgan fingerprint density at radius 3 is 2.65 bits per heavy atom. The average molecular weight is 269 g/mol. The topological polar surface area (TPSA) is 76.8 Å². The van der Waals surface area contributed by atoms with Crippen molar-refractivity contribution in [1.82, 2.24) is 5.48 Å². The number of hydrogen-bond acceptors (Lipinski definition) is 5. The number of benzene rings is 2. The normalized spacial score (nSPS) is 12.8. The number of aryl methyl sites for hydroxylation is 1. The summed E-state index contributed by atoms with van der Waals surface area (Å²) in [4.78, 5) is 20.0. The van der Waals surface area contributed by atoms with Crippen molar-refractivity contribution in [2.24, 2.45) is 4.99 Å². The van der Waals surface area contributed by atoms with Crippen LogP contribution in [0.5, 0.6) is 5.75 Å². The third-order valence-electron chi connectivity index (χ3n) is 2.97. The monoisotopic (exact) mass is 269 g/mol. The van der Waals surface area contributed by atoms with Crippen molar-refractivity contribution in [2.75, 3.05) is 0 Å². The molecule has 6 nitrogen and oxygen atoms in total. The molecule has 0 atom stereocenters. The molecule has 0 bridgehead atoms. The van der Waals surface area contributed by atoms with E-state index < -0.39 is 4.92 Å². The first-order valence-electron chi connectivity index (χ1n) is 6.00. The van der Waals surface area contributed by atoms with E-state index in [9.17, 15) is 10.1 Å². The van der Waals surface area contributed by atoms with E-state index in [1.807, 2.05) is 31.2 Å². The Kier molecular flexibility index (Phi) is 2.83. The number of hydrogen-bond donors (Lipinski definition) is 1. The summed E-state index contributed by atoms with van der Waals surface area (Å²) in [5.41, 5.74) is 5.28. The molecule has 100 valence electrons. The van der Waals surface area contributed by atoms with Crippen molar-refractivity contribution < 1.29 is 9.76 Å². The molecule has 0 saturated heterocycles. The first-order valence-corrected chi connectivity index (χ1v) is 6.00. The summed E-state index contributed by atoms with van der Waals surface area (Å²) in [5.74, 6) is 0.918. The number of hydroxylamine groups is 1. The fourth-order valence-corrected chi connectivity index (χ4v) is 1.87. The summed E-state index contributed by atoms with van der Waals surface area (Å²) in [6.07, 6.45) is 0. The summed E-state index contributed by atoms with van der Waals surface area (Å²) in [6.45, 7) is 2.00. The molecule has 0 amide bonds. The van der Waals surface area contributed by atoms with Crippen molar-refractivity contribution in [2.45, 2.75) is 6.92 Å². The van der Waals surface area contributed by atoms with E-state index in [0.717, 1.165) is 11.1 Å². The lowest BCUT2D eigenvalue weighted by Gasteiger charge is -2.17. The molecule has 1 aliphatic rings. The molecular weight excluding hydrogens is 258 g/mol. The molecule has 0 fully saturated rings. The van der Waals surface area contributed by atoms with Crippen LogP contribution in [0.4, 0.5) is 11.4 Å². The van der Waals surface area contributed by atoms with Crippen LogP contribution in [0.25, 0.3) is 0 Å². The van der Waals surface area contributed by atoms with Gasteiger partial charge in [-0.05, 0) is 13.0 Å². The molecule has 0 unspecified atom stereocenters. The Hall–Kier alpha value is -2.89. The first-order chi connectivity index (χ1) is 9.63. The third kappa shape index (κ3) is 2.18. The average Bonchev–Trinajstić information content (AvgIpc) is 2.47. The van der Waals surface area contributed by atoms with Gasteiger partial charge in [-0.15, -0.1) is 0 Å². The van der Waals surface area contributed by atoms with Crippen molar-refractivity contribution in [1.29, 1.82) is 0 Å². The van der Waals surface area contributed by atoms with Crippen LogP contribution in [0, 0.1) is 17.0 Å². The zero-order valence-electron chi connectivity index (χ0n) is 10.7. The van der Waals surface area contributed by atoms with Gasteiger partial charge in [0.1, 0.15) is 5.69 Å². The summed E-state index contributed by atoms with van der Waals surface area (Å²) >= 11 is 0. The predicted molar refractivity (Wildman–Crippen MR) is 74.2 cm³/mol. The number of amidine groups is 1. The molecule has 1 heterocycles. The second kappa shape index (κ2) is 4.65. The number of nitrogens with zero attached hydrogens (tertiary/aromatic N) is 2. The highest BCUT2D eigenvalue weighted by Gasteiger charge is 2.17. The van der Waals surface area contributed by atoms with Crippen LogP contribution in [0.15, 0.2) is 47.5 Å². The molecule has 2 aromatic rings. The quantitative estimate of drug-likeness (QED) is 0.671. The first kappa shape index (κ1) is 12.2. The van der Waals surface area contributed by atoms with Crippen molar-refractivity contribution >= 4 is 17.2 Å². The van der Waals surface area contributed by atoms with Gasteiger partial charge in [-0.25, -0.2) is 10.5 Å². The van der Waals surface area contributed by atoms with E-state index in [0.29, 0.717) is 17.3 Å². The molecule has 0 radical (unpaired) electrons. The molecule has 20 heavy (non-hydrogen) atoms. The maximum absolute atomic E-state index is 10.7. The van der Waals surface area contributed by atoms with Crippen LogP contribution in [-0.2, 0) is 0 Å². The molecule has 0 aromatic heterocycles. The Balaban J connectivity index is 1.98. The Morgan fingerprint density at radius 2 is 1.95 bits per heavy atom. The Bertz CT molecular complexity index is 708. The van der Waals surface area contributed by atoms with Gasteiger partial charge in [0.2, 0.25) is 0 Å². The minimum atomic E-state index is -0.469. The number of non-ortho nitro benzene ring substituents is 1. The van der Waals surface area contributed by atoms with Gasteiger partial charge < -0.3 is 4.84 Å². The summed E-state index contributed by atoms with van der Waals surface area (Å²) in [6, 6.07) is 12.1. The molecule has 1 aliphatic heterocycles. The zero-order valence-corrected chi connectivity index (χ0v) is 10.7. The van der Waals surface area contributed by atoms with Crippen molar-refractivity contribution in [3.8, 4) is 5.75 Å². The lowest BCUT2D eigenvalue weighted by atomic mass is 10.1. The van der Waals surface area contributed by atoms with E-state index in [2.05, 4.69) is 10.5 Å². The largest absolute Gasteiger partial charge is 0.378 e. The van der Waals surface area contributed by atoms with E-state index in [1.165, 1.54) is 12.1 Å². The molecule has 0 spiro atoms. The van der Waals surface area contributed by atoms with Gasteiger partial charge in [-0.2, -0.15) is 0 Å². The minimum absolute atomic E-state index is 0.0282. The molecule has 3 rings (SSSR count). The molecule has 6 heteroatoms. The molecule has 0 saturated carbocycles. The Labute approximate surface area is 114 Å². The number of nitro groups is 1. The van der Waals surface area contributed by atoms with E-state index in [4.69, 9.17) is 4.84 Å². The van der Waals surface area contributed by atoms with Gasteiger partial charge in [0.05, 0.1) is 11.0 Å². The highest BCUT2D eigenvalue weighted by Crippen LogP contribution is 2.33. The van der Waals surface area contributed by atoms with Crippen molar-refractivity contribution in [3.63, 3.8) is 0 Å². The van der Waals surface area contributed by atoms with Gasteiger partial charge in [-0.3, -0.25) is 10.1 Å². The van der Waals surface area contributed by atoms with E-state index in [1.54, 1.807) is 6.07 Å². The minimum Gasteiger partial charge on any atom is -0.378 e. The molecule has 2 aromatic carbocycles. The molecular formula is C14H11N3O3. The maximum Gasteiger partial charge on any atom is 0.273 e. The highest BCUT2D eigenvalue weighted by molar-refractivity contribution is 6.01. The Morgan fingerprint density at radius 1 is 1.20 bits per heavy atom. The van der Waals surface area contributed by atoms with Gasteiger partial charge in [0.15, 0.2) is 11.6 Å². The number of nitrogens with one attached hydrogen (secondary N) is 1. The van der Waals surface area contributed by atoms with E-state index in [-0.39, 0.29) is 5.69 Å². The molecule has 1 N–H and O–H groups in total. The summed E-state index contributed by atoms with van der Waals surface area (Å²) in [5, 5.41) is 10.7. The SMILES string of the molecule is Cc1ccc(C2=Nc3ccc([N+](=O)[O-])cc3ON2)cc1. The van der Waals surface area contributed by atoms with Crippen molar-refractivity contribution in [3.05, 3.63) is 63.7 Å². The van der Waals surface area contributed by atoms with Gasteiger partial charge >= 0.3 is 0 Å². The van der Waals surface area contributed by atoms with Crippen LogP contribution in [0.3, 0.4) is 0 Å². The maximum atomic E-state index is 10.7. The van der Waals surface area contributed by atoms with Gasteiger partial charge in [0.25, 0.3) is 5.69 Å². The van der Waals surface area contributed by atoms with Crippen LogP contribution in [0.2, 0.25) is 0 Å². The number of aliphatic imine (C=N–C) groups is 1. The fraction of sp³-hybridized carbons (Fsp3) is 0.0714. The second-order valence-electron chi connectivity index (χ2n) is 4.44. The molecule has 0 aliphatic carbocycles.